The van der Waals surface area contributed by atoms with Gasteiger partial charge in [0.15, 0.2) is 0 Å². The average Bonchev–Trinajstić information content (AvgIpc) is 2.56. The summed E-state index contributed by atoms with van der Waals surface area (Å²) in [6, 6.07) is 14.5. The molecule has 22 heavy (non-hydrogen) atoms. The minimum atomic E-state index is 0.129. The van der Waals surface area contributed by atoms with E-state index in [1.807, 2.05) is 35.4 Å². The van der Waals surface area contributed by atoms with E-state index in [2.05, 4.69) is 28.1 Å². The van der Waals surface area contributed by atoms with Gasteiger partial charge in [0.25, 0.3) is 0 Å². The SMILES string of the molecule is CC(=O)N1CCN(Cc2cccnc2)C[C@H]1c1ccccc1. The van der Waals surface area contributed by atoms with Crippen LogP contribution in [0.4, 0.5) is 0 Å². The zero-order valence-corrected chi connectivity index (χ0v) is 12.9. The van der Waals surface area contributed by atoms with Gasteiger partial charge in [-0.1, -0.05) is 36.4 Å². The van der Waals surface area contributed by atoms with E-state index in [-0.39, 0.29) is 11.9 Å². The highest BCUT2D eigenvalue weighted by Crippen LogP contribution is 2.26. The molecule has 0 bridgehead atoms. The number of nitrogens with zero attached hydrogens (tertiary/aromatic N) is 3. The minimum absolute atomic E-state index is 0.129. The molecule has 114 valence electrons. The van der Waals surface area contributed by atoms with Gasteiger partial charge in [0, 0.05) is 45.5 Å². The van der Waals surface area contributed by atoms with Crippen molar-refractivity contribution in [2.45, 2.75) is 19.5 Å². The second kappa shape index (κ2) is 6.71. The first kappa shape index (κ1) is 14.7. The molecule has 0 radical (unpaired) electrons. The van der Waals surface area contributed by atoms with Gasteiger partial charge in [-0.15, -0.1) is 0 Å². The Morgan fingerprint density at radius 2 is 2.00 bits per heavy atom. The van der Waals surface area contributed by atoms with Crippen LogP contribution in [0.15, 0.2) is 54.9 Å². The summed E-state index contributed by atoms with van der Waals surface area (Å²) in [6.07, 6.45) is 3.71. The van der Waals surface area contributed by atoms with Crippen molar-refractivity contribution in [1.29, 1.82) is 0 Å². The monoisotopic (exact) mass is 295 g/mol. The molecule has 1 aliphatic heterocycles. The van der Waals surface area contributed by atoms with Gasteiger partial charge in [-0.05, 0) is 17.2 Å². The van der Waals surface area contributed by atoms with Gasteiger partial charge in [-0.3, -0.25) is 14.7 Å². The Hall–Kier alpha value is -2.20. The molecule has 1 aromatic heterocycles. The Morgan fingerprint density at radius 1 is 1.18 bits per heavy atom. The zero-order valence-electron chi connectivity index (χ0n) is 12.9. The predicted octanol–water partition coefficient (Wildman–Crippen LogP) is 2.49. The van der Waals surface area contributed by atoms with Crippen molar-refractivity contribution in [1.82, 2.24) is 14.8 Å². The van der Waals surface area contributed by atoms with Crippen LogP contribution in [-0.2, 0) is 11.3 Å². The largest absolute Gasteiger partial charge is 0.333 e. The van der Waals surface area contributed by atoms with Gasteiger partial charge >= 0.3 is 0 Å². The first-order valence-electron chi connectivity index (χ1n) is 7.67. The number of pyridine rings is 1. The molecular weight excluding hydrogens is 274 g/mol. The molecule has 0 saturated carbocycles. The Kier molecular flexibility index (Phi) is 4.49. The number of rotatable bonds is 3. The van der Waals surface area contributed by atoms with Crippen LogP contribution in [0.25, 0.3) is 0 Å². The highest BCUT2D eigenvalue weighted by atomic mass is 16.2. The third-order valence-corrected chi connectivity index (χ3v) is 4.18. The van der Waals surface area contributed by atoms with Crippen molar-refractivity contribution in [2.75, 3.05) is 19.6 Å². The third kappa shape index (κ3) is 3.34. The number of aromatic nitrogens is 1. The quantitative estimate of drug-likeness (QED) is 0.873. The molecule has 0 aliphatic carbocycles. The average molecular weight is 295 g/mol. The third-order valence-electron chi connectivity index (χ3n) is 4.18. The molecule has 4 nitrogen and oxygen atoms in total. The fraction of sp³-hybridized carbons (Fsp3) is 0.333. The van der Waals surface area contributed by atoms with Crippen molar-refractivity contribution in [2.24, 2.45) is 0 Å². The van der Waals surface area contributed by atoms with Crippen molar-refractivity contribution in [3.63, 3.8) is 0 Å². The van der Waals surface area contributed by atoms with Crippen LogP contribution in [0.3, 0.4) is 0 Å². The van der Waals surface area contributed by atoms with E-state index in [0.29, 0.717) is 0 Å². The molecule has 2 heterocycles. The summed E-state index contributed by atoms with van der Waals surface area (Å²) in [4.78, 5) is 20.5. The fourth-order valence-corrected chi connectivity index (χ4v) is 3.07. The number of benzene rings is 1. The Morgan fingerprint density at radius 3 is 2.68 bits per heavy atom. The molecule has 0 unspecified atom stereocenters. The topological polar surface area (TPSA) is 36.4 Å². The smallest absolute Gasteiger partial charge is 0.220 e. The molecule has 1 saturated heterocycles. The van der Waals surface area contributed by atoms with E-state index in [0.717, 1.165) is 26.2 Å². The summed E-state index contributed by atoms with van der Waals surface area (Å²) in [6.45, 7) is 5.07. The van der Waals surface area contributed by atoms with E-state index in [4.69, 9.17) is 0 Å². The van der Waals surface area contributed by atoms with Crippen LogP contribution in [-0.4, -0.2) is 40.3 Å². The van der Waals surface area contributed by atoms with Crippen molar-refractivity contribution < 1.29 is 4.79 Å². The first-order valence-corrected chi connectivity index (χ1v) is 7.67. The lowest BCUT2D eigenvalue weighted by Gasteiger charge is -2.41. The second-order valence-electron chi connectivity index (χ2n) is 5.74. The summed E-state index contributed by atoms with van der Waals surface area (Å²) in [5.74, 6) is 0.148. The molecule has 1 aromatic carbocycles. The molecule has 2 aromatic rings. The number of hydrogen-bond donors (Lipinski definition) is 0. The molecule has 0 N–H and O–H groups in total. The fourth-order valence-electron chi connectivity index (χ4n) is 3.07. The van der Waals surface area contributed by atoms with E-state index < -0.39 is 0 Å². The lowest BCUT2D eigenvalue weighted by atomic mass is 10.0. The number of carbonyl (C=O) groups is 1. The number of piperazine rings is 1. The molecule has 4 heteroatoms. The van der Waals surface area contributed by atoms with Gasteiger partial charge < -0.3 is 4.90 Å². The maximum atomic E-state index is 11.9. The van der Waals surface area contributed by atoms with Crippen LogP contribution in [0.5, 0.6) is 0 Å². The van der Waals surface area contributed by atoms with E-state index in [1.165, 1.54) is 11.1 Å². The lowest BCUT2D eigenvalue weighted by molar-refractivity contribution is -0.134. The highest BCUT2D eigenvalue weighted by molar-refractivity contribution is 5.74. The van der Waals surface area contributed by atoms with E-state index >= 15 is 0 Å². The molecule has 1 amide bonds. The van der Waals surface area contributed by atoms with Crippen molar-refractivity contribution >= 4 is 5.91 Å². The van der Waals surface area contributed by atoms with Crippen LogP contribution in [0.1, 0.15) is 24.1 Å². The lowest BCUT2D eigenvalue weighted by Crippen LogP contribution is -2.49. The summed E-state index contributed by atoms with van der Waals surface area (Å²) in [5, 5.41) is 0. The summed E-state index contributed by atoms with van der Waals surface area (Å²) in [5.41, 5.74) is 2.42. The maximum absolute atomic E-state index is 11.9. The molecule has 0 spiro atoms. The van der Waals surface area contributed by atoms with E-state index in [1.54, 1.807) is 13.1 Å². The van der Waals surface area contributed by atoms with Crippen molar-refractivity contribution in [3.8, 4) is 0 Å². The Labute approximate surface area is 131 Å². The van der Waals surface area contributed by atoms with E-state index in [9.17, 15) is 4.79 Å². The number of amides is 1. The zero-order chi connectivity index (χ0) is 15.4. The molecular formula is C18H21N3O. The van der Waals surface area contributed by atoms with Gasteiger partial charge in [-0.2, -0.15) is 0 Å². The normalized spacial score (nSPS) is 19.1. The van der Waals surface area contributed by atoms with Crippen LogP contribution < -0.4 is 0 Å². The Bertz CT molecular complexity index is 615. The Balaban J connectivity index is 1.77. The highest BCUT2D eigenvalue weighted by Gasteiger charge is 2.29. The van der Waals surface area contributed by atoms with Crippen LogP contribution in [0.2, 0.25) is 0 Å². The summed E-state index contributed by atoms with van der Waals surface area (Å²) in [7, 11) is 0. The first-order chi connectivity index (χ1) is 10.7. The van der Waals surface area contributed by atoms with Gasteiger partial charge in [0.1, 0.15) is 0 Å². The van der Waals surface area contributed by atoms with Crippen molar-refractivity contribution in [3.05, 3.63) is 66.0 Å². The second-order valence-corrected chi connectivity index (χ2v) is 5.74. The molecule has 3 rings (SSSR count). The van der Waals surface area contributed by atoms with Gasteiger partial charge in [-0.25, -0.2) is 0 Å². The standard InChI is InChI=1S/C18H21N3O/c1-15(22)21-11-10-20(13-16-6-5-9-19-12-16)14-18(21)17-7-3-2-4-8-17/h2-9,12,18H,10-11,13-14H2,1H3/t18-/m0/s1. The summed E-state index contributed by atoms with van der Waals surface area (Å²) >= 11 is 0. The molecule has 1 aliphatic rings. The van der Waals surface area contributed by atoms with Gasteiger partial charge in [0.2, 0.25) is 5.91 Å². The maximum Gasteiger partial charge on any atom is 0.220 e. The number of carbonyl (C=O) groups excluding carboxylic acids is 1. The van der Waals surface area contributed by atoms with Crippen LogP contribution >= 0.6 is 0 Å². The van der Waals surface area contributed by atoms with Crippen LogP contribution in [0, 0.1) is 0 Å². The predicted molar refractivity (Wildman–Crippen MR) is 86.1 cm³/mol. The van der Waals surface area contributed by atoms with Gasteiger partial charge in [0.05, 0.1) is 6.04 Å². The minimum Gasteiger partial charge on any atom is -0.333 e. The summed E-state index contributed by atoms with van der Waals surface area (Å²) < 4.78 is 0. The molecule has 1 fully saturated rings. The molecule has 1 atom stereocenters. The number of hydrogen-bond acceptors (Lipinski definition) is 3.